The first kappa shape index (κ1) is 13.9. The second-order valence-corrected chi connectivity index (χ2v) is 4.50. The summed E-state index contributed by atoms with van der Waals surface area (Å²) in [5.41, 5.74) is -1.21. The summed E-state index contributed by atoms with van der Waals surface area (Å²) in [5.74, 6) is -1.75. The molecule has 0 aliphatic carbocycles. The molecule has 0 saturated heterocycles. The number of rotatable bonds is 5. The van der Waals surface area contributed by atoms with Crippen LogP contribution in [-0.4, -0.2) is 21.5 Å². The van der Waals surface area contributed by atoms with Crippen molar-refractivity contribution in [1.82, 2.24) is 0 Å². The normalized spacial score (nSPS) is 11.1. The molecule has 0 saturated carbocycles. The van der Waals surface area contributed by atoms with E-state index in [2.05, 4.69) is 5.32 Å². The second-order valence-electron chi connectivity index (χ2n) is 4.50. The summed E-state index contributed by atoms with van der Waals surface area (Å²) in [6.07, 6.45) is -0.221. The molecule has 18 heavy (non-hydrogen) atoms. The Labute approximate surface area is 103 Å². The molecule has 0 spiro atoms. The van der Waals surface area contributed by atoms with Crippen LogP contribution < -0.4 is 5.32 Å². The first-order valence-corrected chi connectivity index (χ1v) is 5.15. The highest BCUT2D eigenvalue weighted by molar-refractivity contribution is 5.70. The number of hydrogen-bond donors (Lipinski definition) is 2. The average Bonchev–Trinajstić information content (AvgIpc) is 2.18. The molecule has 7 heteroatoms. The van der Waals surface area contributed by atoms with Gasteiger partial charge in [0.1, 0.15) is 11.5 Å². The van der Waals surface area contributed by atoms with Gasteiger partial charge in [-0.05, 0) is 26.0 Å². The van der Waals surface area contributed by atoms with Crippen LogP contribution in [0.4, 0.5) is 15.8 Å². The fourth-order valence-corrected chi connectivity index (χ4v) is 1.55. The van der Waals surface area contributed by atoms with Crippen molar-refractivity contribution in [3.8, 4) is 0 Å². The van der Waals surface area contributed by atoms with Crippen LogP contribution in [-0.2, 0) is 4.79 Å². The molecule has 1 aromatic carbocycles. The van der Waals surface area contributed by atoms with Crippen molar-refractivity contribution in [2.24, 2.45) is 0 Å². The summed E-state index contributed by atoms with van der Waals surface area (Å²) in [6.45, 7) is 3.18. The highest BCUT2D eigenvalue weighted by Crippen LogP contribution is 2.28. The number of nitrogens with zero attached hydrogens (tertiary/aromatic N) is 1. The van der Waals surface area contributed by atoms with Crippen molar-refractivity contribution < 1.29 is 19.2 Å². The van der Waals surface area contributed by atoms with Gasteiger partial charge in [0.15, 0.2) is 0 Å². The lowest BCUT2D eigenvalue weighted by Crippen LogP contribution is -2.33. The molecule has 2 N–H and O–H groups in total. The Morgan fingerprint density at radius 2 is 2.17 bits per heavy atom. The van der Waals surface area contributed by atoms with Crippen LogP contribution in [0.3, 0.4) is 0 Å². The van der Waals surface area contributed by atoms with Crippen molar-refractivity contribution in [3.63, 3.8) is 0 Å². The lowest BCUT2D eigenvalue weighted by molar-refractivity contribution is -0.384. The number of hydrogen-bond acceptors (Lipinski definition) is 4. The number of anilines is 1. The Morgan fingerprint density at radius 1 is 1.56 bits per heavy atom. The monoisotopic (exact) mass is 256 g/mol. The Morgan fingerprint density at radius 3 is 2.67 bits per heavy atom. The molecule has 1 rings (SSSR count). The predicted molar refractivity (Wildman–Crippen MR) is 63.0 cm³/mol. The minimum atomic E-state index is -1.03. The minimum Gasteiger partial charge on any atom is -0.481 e. The van der Waals surface area contributed by atoms with Gasteiger partial charge < -0.3 is 10.4 Å². The number of carboxylic acids is 1. The summed E-state index contributed by atoms with van der Waals surface area (Å²) in [6, 6.07) is 3.09. The van der Waals surface area contributed by atoms with E-state index >= 15 is 0 Å². The molecular weight excluding hydrogens is 243 g/mol. The zero-order chi connectivity index (χ0) is 13.9. The smallest absolute Gasteiger partial charge is 0.305 e. The zero-order valence-corrected chi connectivity index (χ0v) is 9.94. The van der Waals surface area contributed by atoms with Crippen molar-refractivity contribution in [2.45, 2.75) is 25.8 Å². The van der Waals surface area contributed by atoms with E-state index in [9.17, 15) is 19.3 Å². The van der Waals surface area contributed by atoms with Crippen molar-refractivity contribution in [2.75, 3.05) is 5.32 Å². The van der Waals surface area contributed by atoms with Gasteiger partial charge in [0.25, 0.3) is 5.69 Å². The van der Waals surface area contributed by atoms with Gasteiger partial charge in [-0.25, -0.2) is 4.39 Å². The highest BCUT2D eigenvalue weighted by atomic mass is 19.1. The van der Waals surface area contributed by atoms with Gasteiger partial charge in [-0.2, -0.15) is 0 Å². The minimum absolute atomic E-state index is 0.0904. The van der Waals surface area contributed by atoms with E-state index in [1.165, 1.54) is 6.07 Å². The fourth-order valence-electron chi connectivity index (χ4n) is 1.55. The molecule has 0 amide bonds. The summed E-state index contributed by atoms with van der Waals surface area (Å²) in [4.78, 5) is 20.7. The van der Waals surface area contributed by atoms with Crippen molar-refractivity contribution in [1.29, 1.82) is 0 Å². The van der Waals surface area contributed by atoms with E-state index in [1.54, 1.807) is 13.8 Å². The number of nitrogens with one attached hydrogen (secondary N) is 1. The van der Waals surface area contributed by atoms with Crippen LogP contribution >= 0.6 is 0 Å². The van der Waals surface area contributed by atoms with Gasteiger partial charge in [-0.1, -0.05) is 0 Å². The molecule has 0 unspecified atom stereocenters. The van der Waals surface area contributed by atoms with Crippen LogP contribution in [0.5, 0.6) is 0 Å². The van der Waals surface area contributed by atoms with E-state index < -0.39 is 27.9 Å². The lowest BCUT2D eigenvalue weighted by atomic mass is 10.00. The first-order chi connectivity index (χ1) is 8.21. The Bertz CT molecular complexity index is 488. The fraction of sp³-hybridized carbons (Fsp3) is 0.364. The van der Waals surface area contributed by atoms with Crippen LogP contribution in [0.2, 0.25) is 0 Å². The SMILES string of the molecule is CC(C)(CC(=O)O)Nc1ccc(F)cc1[N+](=O)[O-]. The van der Waals surface area contributed by atoms with Gasteiger partial charge in [-0.3, -0.25) is 14.9 Å². The molecule has 0 aliphatic heterocycles. The lowest BCUT2D eigenvalue weighted by Gasteiger charge is -2.25. The number of benzene rings is 1. The molecule has 0 fully saturated rings. The average molecular weight is 256 g/mol. The van der Waals surface area contributed by atoms with Gasteiger partial charge in [0.2, 0.25) is 0 Å². The van der Waals surface area contributed by atoms with Crippen LogP contribution in [0.15, 0.2) is 18.2 Å². The van der Waals surface area contributed by atoms with E-state index in [1.807, 2.05) is 0 Å². The molecule has 98 valence electrons. The number of nitro groups is 1. The maximum absolute atomic E-state index is 12.9. The summed E-state index contributed by atoms with van der Waals surface area (Å²) >= 11 is 0. The van der Waals surface area contributed by atoms with Crippen molar-refractivity contribution >= 4 is 17.3 Å². The number of aliphatic carboxylic acids is 1. The van der Waals surface area contributed by atoms with E-state index in [4.69, 9.17) is 5.11 Å². The number of halogens is 1. The summed E-state index contributed by atoms with van der Waals surface area (Å²) in [7, 11) is 0. The molecule has 0 atom stereocenters. The van der Waals surface area contributed by atoms with Crippen LogP contribution in [0, 0.1) is 15.9 Å². The maximum atomic E-state index is 12.9. The topological polar surface area (TPSA) is 92.5 Å². The van der Waals surface area contributed by atoms with Gasteiger partial charge in [0, 0.05) is 5.54 Å². The molecule has 6 nitrogen and oxygen atoms in total. The predicted octanol–water partition coefficient (Wildman–Crippen LogP) is 2.40. The molecule has 1 aromatic rings. The summed E-state index contributed by atoms with van der Waals surface area (Å²) < 4.78 is 12.9. The van der Waals surface area contributed by atoms with Crippen molar-refractivity contribution in [3.05, 3.63) is 34.1 Å². The third kappa shape index (κ3) is 3.69. The maximum Gasteiger partial charge on any atom is 0.305 e. The van der Waals surface area contributed by atoms with Gasteiger partial charge in [-0.15, -0.1) is 0 Å². The van der Waals surface area contributed by atoms with Crippen LogP contribution in [0.1, 0.15) is 20.3 Å². The van der Waals surface area contributed by atoms with E-state index in [0.717, 1.165) is 12.1 Å². The molecule has 0 radical (unpaired) electrons. The molecule has 0 aromatic heterocycles. The summed E-state index contributed by atoms with van der Waals surface area (Å²) in [5, 5.41) is 22.2. The zero-order valence-electron chi connectivity index (χ0n) is 9.94. The number of carboxylic acid groups (broad SMARTS) is 1. The Hall–Kier alpha value is -2.18. The quantitative estimate of drug-likeness (QED) is 0.623. The standard InChI is InChI=1S/C11H13FN2O4/c1-11(2,6-10(15)16)13-8-4-3-7(12)5-9(8)14(17)18/h3-5,13H,6H2,1-2H3,(H,15,16). The third-order valence-corrected chi connectivity index (χ3v) is 2.22. The highest BCUT2D eigenvalue weighted by Gasteiger charge is 2.25. The number of carbonyl (C=O) groups is 1. The molecule has 0 heterocycles. The largest absolute Gasteiger partial charge is 0.481 e. The Kier molecular flexibility index (Phi) is 3.85. The molecule has 0 bridgehead atoms. The third-order valence-electron chi connectivity index (χ3n) is 2.22. The van der Waals surface area contributed by atoms with Gasteiger partial charge in [0.05, 0.1) is 17.4 Å². The molecule has 0 aliphatic rings. The first-order valence-electron chi connectivity index (χ1n) is 5.15. The Balaban J connectivity index is 3.03. The van der Waals surface area contributed by atoms with Crippen LogP contribution in [0.25, 0.3) is 0 Å². The molecular formula is C11H13FN2O4. The number of nitro benzene ring substituents is 1. The second kappa shape index (κ2) is 4.99. The van der Waals surface area contributed by atoms with Gasteiger partial charge >= 0.3 is 5.97 Å². The van der Waals surface area contributed by atoms with E-state index in [-0.39, 0.29) is 12.1 Å². The van der Waals surface area contributed by atoms with E-state index in [0.29, 0.717) is 0 Å².